The fourth-order valence-electron chi connectivity index (χ4n) is 2.16. The molecule has 0 saturated heterocycles. The van der Waals surface area contributed by atoms with Crippen LogP contribution >= 0.6 is 0 Å². The van der Waals surface area contributed by atoms with Gasteiger partial charge in [0.05, 0.1) is 36.6 Å². The molecule has 0 radical (unpaired) electrons. The van der Waals surface area contributed by atoms with Crippen LogP contribution in [0.3, 0.4) is 0 Å². The first-order valence-corrected chi connectivity index (χ1v) is 8.36. The number of halogens is 1. The van der Waals surface area contributed by atoms with Crippen molar-refractivity contribution in [3.63, 3.8) is 0 Å². The minimum absolute atomic E-state index is 0.0556. The highest BCUT2D eigenvalue weighted by atomic mass is 19.1. The Bertz CT molecular complexity index is 891. The first kappa shape index (κ1) is 19.9. The molecule has 0 unspecified atom stereocenters. The van der Waals surface area contributed by atoms with Crippen LogP contribution in [0.25, 0.3) is 0 Å². The summed E-state index contributed by atoms with van der Waals surface area (Å²) in [6.07, 6.45) is 2.33. The van der Waals surface area contributed by atoms with Gasteiger partial charge in [-0.05, 0) is 55.3 Å². The molecular weight excluding hydrogens is 349 g/mol. The van der Waals surface area contributed by atoms with Crippen LogP contribution in [0.15, 0.2) is 41.5 Å². The number of rotatable bonds is 7. The van der Waals surface area contributed by atoms with Crippen LogP contribution in [0.5, 0.6) is 11.5 Å². The summed E-state index contributed by atoms with van der Waals surface area (Å²) in [4.78, 5) is 12.0. The maximum atomic E-state index is 13.8. The first-order valence-electron chi connectivity index (χ1n) is 8.36. The van der Waals surface area contributed by atoms with E-state index in [0.717, 1.165) is 12.5 Å². The van der Waals surface area contributed by atoms with Gasteiger partial charge in [0.25, 0.3) is 5.91 Å². The van der Waals surface area contributed by atoms with Crippen molar-refractivity contribution in [3.05, 3.63) is 58.9 Å². The molecule has 7 heteroatoms. The molecule has 27 heavy (non-hydrogen) atoms. The van der Waals surface area contributed by atoms with E-state index in [0.29, 0.717) is 17.1 Å². The van der Waals surface area contributed by atoms with Crippen LogP contribution in [0.2, 0.25) is 0 Å². The van der Waals surface area contributed by atoms with Crippen molar-refractivity contribution in [2.75, 3.05) is 7.11 Å². The summed E-state index contributed by atoms with van der Waals surface area (Å²) in [5, 5.41) is 12.6. The Kier molecular flexibility index (Phi) is 6.89. The zero-order valence-electron chi connectivity index (χ0n) is 15.3. The molecule has 2 aromatic carbocycles. The van der Waals surface area contributed by atoms with Gasteiger partial charge < -0.3 is 9.47 Å². The number of nitriles is 1. The highest BCUT2D eigenvalue weighted by molar-refractivity contribution is 5.95. The van der Waals surface area contributed by atoms with Gasteiger partial charge in [-0.2, -0.15) is 10.4 Å². The Hall–Kier alpha value is -3.40. The number of nitrogens with one attached hydrogen (secondary N) is 1. The Labute approximate surface area is 157 Å². The van der Waals surface area contributed by atoms with E-state index in [2.05, 4.69) is 10.5 Å². The number of hydrogen-bond donors (Lipinski definition) is 1. The van der Waals surface area contributed by atoms with Crippen molar-refractivity contribution in [2.45, 2.75) is 26.4 Å². The average molecular weight is 369 g/mol. The van der Waals surface area contributed by atoms with E-state index in [1.807, 2.05) is 13.8 Å². The van der Waals surface area contributed by atoms with E-state index < -0.39 is 11.7 Å². The quantitative estimate of drug-likeness (QED) is 0.596. The summed E-state index contributed by atoms with van der Waals surface area (Å²) in [5.41, 5.74) is 2.87. The molecule has 0 spiro atoms. The summed E-state index contributed by atoms with van der Waals surface area (Å²) < 4.78 is 24.9. The Morgan fingerprint density at radius 1 is 1.33 bits per heavy atom. The monoisotopic (exact) mass is 369 g/mol. The van der Waals surface area contributed by atoms with Crippen molar-refractivity contribution >= 4 is 12.1 Å². The molecule has 140 valence electrons. The van der Waals surface area contributed by atoms with Crippen LogP contribution in [-0.4, -0.2) is 25.3 Å². The van der Waals surface area contributed by atoms with Gasteiger partial charge in [0.1, 0.15) is 5.82 Å². The number of amides is 1. The van der Waals surface area contributed by atoms with Crippen molar-refractivity contribution in [1.82, 2.24) is 5.43 Å². The average Bonchev–Trinajstić information content (AvgIpc) is 2.68. The lowest BCUT2D eigenvalue weighted by Crippen LogP contribution is -2.19. The van der Waals surface area contributed by atoms with E-state index in [-0.39, 0.29) is 17.2 Å². The Morgan fingerprint density at radius 2 is 2.11 bits per heavy atom. The lowest BCUT2D eigenvalue weighted by atomic mass is 10.1. The second-order valence-electron chi connectivity index (χ2n) is 5.75. The fourth-order valence-corrected chi connectivity index (χ4v) is 2.16. The molecule has 0 saturated carbocycles. The summed E-state index contributed by atoms with van der Waals surface area (Å²) in [7, 11) is 1.54. The SMILES string of the molecule is CC[C@@H](C)Oc1ccc(/C=N\NC(=O)c2ccc(C#N)cc2F)cc1OC. The van der Waals surface area contributed by atoms with Crippen molar-refractivity contribution in [1.29, 1.82) is 5.26 Å². The molecule has 1 N–H and O–H groups in total. The number of benzene rings is 2. The van der Waals surface area contributed by atoms with Gasteiger partial charge in [0.2, 0.25) is 0 Å². The van der Waals surface area contributed by atoms with Crippen LogP contribution in [0.1, 0.15) is 41.8 Å². The molecule has 1 amide bonds. The maximum Gasteiger partial charge on any atom is 0.274 e. The summed E-state index contributed by atoms with van der Waals surface area (Å²) in [5.74, 6) is -0.330. The number of carbonyl (C=O) groups is 1. The van der Waals surface area contributed by atoms with Crippen molar-refractivity contribution < 1.29 is 18.7 Å². The second kappa shape index (κ2) is 9.34. The third-order valence-corrected chi connectivity index (χ3v) is 3.81. The van der Waals surface area contributed by atoms with Crippen LogP contribution in [0, 0.1) is 17.1 Å². The zero-order valence-corrected chi connectivity index (χ0v) is 15.3. The molecule has 2 aromatic rings. The van der Waals surface area contributed by atoms with E-state index in [4.69, 9.17) is 14.7 Å². The van der Waals surface area contributed by atoms with Crippen molar-refractivity contribution in [2.24, 2.45) is 5.10 Å². The van der Waals surface area contributed by atoms with E-state index in [9.17, 15) is 9.18 Å². The van der Waals surface area contributed by atoms with E-state index in [1.165, 1.54) is 25.5 Å². The molecule has 1 atom stereocenters. The smallest absolute Gasteiger partial charge is 0.274 e. The van der Waals surface area contributed by atoms with Crippen LogP contribution < -0.4 is 14.9 Å². The van der Waals surface area contributed by atoms with Gasteiger partial charge in [0, 0.05) is 0 Å². The molecule has 0 bridgehead atoms. The number of methoxy groups -OCH3 is 1. The lowest BCUT2D eigenvalue weighted by molar-refractivity contribution is 0.0951. The molecule has 0 aliphatic carbocycles. The molecule has 0 aliphatic rings. The van der Waals surface area contributed by atoms with Gasteiger partial charge in [-0.1, -0.05) is 6.92 Å². The van der Waals surface area contributed by atoms with Gasteiger partial charge >= 0.3 is 0 Å². The number of hydrogen-bond acceptors (Lipinski definition) is 5. The molecular formula is C20H20FN3O3. The Balaban J connectivity index is 2.07. The van der Waals surface area contributed by atoms with Gasteiger partial charge in [-0.3, -0.25) is 4.79 Å². The molecule has 0 aliphatic heterocycles. The zero-order chi connectivity index (χ0) is 19.8. The van der Waals surface area contributed by atoms with Gasteiger partial charge in [0.15, 0.2) is 11.5 Å². The molecule has 0 fully saturated rings. The van der Waals surface area contributed by atoms with E-state index >= 15 is 0 Å². The van der Waals surface area contributed by atoms with Gasteiger partial charge in [-0.15, -0.1) is 0 Å². The third-order valence-electron chi connectivity index (χ3n) is 3.81. The predicted molar refractivity (Wildman–Crippen MR) is 99.6 cm³/mol. The minimum atomic E-state index is -0.782. The van der Waals surface area contributed by atoms with Crippen molar-refractivity contribution in [3.8, 4) is 17.6 Å². The maximum absolute atomic E-state index is 13.8. The summed E-state index contributed by atoms with van der Waals surface area (Å²) in [6, 6.07) is 10.6. The van der Waals surface area contributed by atoms with Gasteiger partial charge in [-0.25, -0.2) is 9.82 Å². The predicted octanol–water partition coefficient (Wildman–Crippen LogP) is 3.65. The number of carbonyl (C=O) groups excluding carboxylic acids is 1. The molecule has 0 aromatic heterocycles. The number of ether oxygens (including phenoxy) is 2. The fraction of sp³-hybridized carbons (Fsp3) is 0.250. The van der Waals surface area contributed by atoms with Crippen LogP contribution in [-0.2, 0) is 0 Å². The number of hydrazone groups is 1. The van der Waals surface area contributed by atoms with Crippen LogP contribution in [0.4, 0.5) is 4.39 Å². The highest BCUT2D eigenvalue weighted by Crippen LogP contribution is 2.28. The highest BCUT2D eigenvalue weighted by Gasteiger charge is 2.12. The topological polar surface area (TPSA) is 83.7 Å². The summed E-state index contributed by atoms with van der Waals surface area (Å²) >= 11 is 0. The van der Waals surface area contributed by atoms with E-state index in [1.54, 1.807) is 24.3 Å². The molecule has 0 heterocycles. The number of nitrogens with zero attached hydrogens (tertiary/aromatic N) is 2. The second-order valence-corrected chi connectivity index (χ2v) is 5.75. The normalized spacial score (nSPS) is 11.7. The third kappa shape index (κ3) is 5.28. The Morgan fingerprint density at radius 3 is 2.74 bits per heavy atom. The standard InChI is InChI=1S/C20H20FN3O3/c1-4-13(2)27-18-8-6-15(10-19(18)26-3)12-23-24-20(25)16-7-5-14(11-22)9-17(16)21/h5-10,12-13H,4H2,1-3H3,(H,24,25)/b23-12-/t13-/m1/s1. The molecule has 6 nitrogen and oxygen atoms in total. The molecule has 2 rings (SSSR count). The minimum Gasteiger partial charge on any atom is -0.493 e. The first-order chi connectivity index (χ1) is 13.0. The largest absolute Gasteiger partial charge is 0.493 e. The lowest BCUT2D eigenvalue weighted by Gasteiger charge is -2.15. The summed E-state index contributed by atoms with van der Waals surface area (Å²) in [6.45, 7) is 3.99.